The van der Waals surface area contributed by atoms with E-state index in [0.29, 0.717) is 0 Å². The normalized spacial score (nSPS) is 11.5. The molecule has 12 N–H and O–H groups in total. The second-order valence-electron chi connectivity index (χ2n) is 7.16. The highest BCUT2D eigenvalue weighted by atomic mass is 16.4. The van der Waals surface area contributed by atoms with Crippen molar-refractivity contribution in [1.29, 1.82) is 0 Å². The first-order valence-corrected chi connectivity index (χ1v) is 8.95. The Labute approximate surface area is 182 Å². The molecule has 3 aromatic carbocycles. The number of furan rings is 1. The van der Waals surface area contributed by atoms with E-state index < -0.39 is 103 Å². The van der Waals surface area contributed by atoms with Crippen molar-refractivity contribution < 1.29 is 65.5 Å². The summed E-state index contributed by atoms with van der Waals surface area (Å²) in [6, 6.07) is 0. The summed E-state index contributed by atoms with van der Waals surface area (Å²) in [6.07, 6.45) is 0. The van der Waals surface area contributed by atoms with Gasteiger partial charge in [0.1, 0.15) is 13.4 Å². The van der Waals surface area contributed by atoms with E-state index in [2.05, 4.69) is 0 Å². The standard InChI is InChI=1S/C18H14B2O13/c19-5-1(2-8(22)14(28)16(30)15(29)9(2)23)7(21)10(24)3-4-11(25)12(26)6(20(31)32)13(27)18(4)33-17(3)5/h21-32H,19H2. The Morgan fingerprint density at radius 1 is 0.485 bits per heavy atom. The van der Waals surface area contributed by atoms with Crippen molar-refractivity contribution in [1.82, 2.24) is 0 Å². The average Bonchev–Trinajstić information content (AvgIpc) is 3.17. The molecule has 1 aromatic heterocycles. The molecule has 4 aromatic rings. The van der Waals surface area contributed by atoms with Crippen LogP contribution in [0.3, 0.4) is 0 Å². The Hall–Kier alpha value is -4.49. The third-order valence-corrected chi connectivity index (χ3v) is 5.39. The molecule has 0 atom stereocenters. The molecule has 0 spiro atoms. The molecular weight excluding hydrogens is 446 g/mol. The van der Waals surface area contributed by atoms with E-state index in [1.165, 1.54) is 7.85 Å². The lowest BCUT2D eigenvalue weighted by Gasteiger charge is -2.16. The average molecular weight is 460 g/mol. The summed E-state index contributed by atoms with van der Waals surface area (Å²) in [7, 11) is -1.22. The van der Waals surface area contributed by atoms with Crippen LogP contribution in [0.1, 0.15) is 0 Å². The van der Waals surface area contributed by atoms with Gasteiger partial charge < -0.3 is 65.5 Å². The van der Waals surface area contributed by atoms with Gasteiger partial charge in [-0.25, -0.2) is 0 Å². The van der Waals surface area contributed by atoms with E-state index in [4.69, 9.17) is 4.42 Å². The molecule has 0 radical (unpaired) electrons. The van der Waals surface area contributed by atoms with E-state index >= 15 is 0 Å². The summed E-state index contributed by atoms with van der Waals surface area (Å²) < 4.78 is 5.45. The molecule has 4 rings (SSSR count). The van der Waals surface area contributed by atoms with Gasteiger partial charge in [0.2, 0.25) is 17.2 Å². The molecule has 15 heteroatoms. The van der Waals surface area contributed by atoms with Crippen molar-refractivity contribution in [2.24, 2.45) is 0 Å². The summed E-state index contributed by atoms with van der Waals surface area (Å²) in [6.45, 7) is 0. The highest BCUT2D eigenvalue weighted by Crippen LogP contribution is 2.58. The van der Waals surface area contributed by atoms with Crippen LogP contribution in [0.15, 0.2) is 4.42 Å². The van der Waals surface area contributed by atoms with Gasteiger partial charge in [-0.2, -0.15) is 0 Å². The van der Waals surface area contributed by atoms with Crippen molar-refractivity contribution in [3.05, 3.63) is 0 Å². The molecule has 0 aliphatic heterocycles. The largest absolute Gasteiger partial charge is 0.504 e. The zero-order valence-corrected chi connectivity index (χ0v) is 16.4. The first kappa shape index (κ1) is 21.7. The summed E-state index contributed by atoms with van der Waals surface area (Å²) >= 11 is 0. The van der Waals surface area contributed by atoms with Crippen molar-refractivity contribution in [3.8, 4) is 68.6 Å². The van der Waals surface area contributed by atoms with Gasteiger partial charge in [0, 0.05) is 5.56 Å². The van der Waals surface area contributed by atoms with Gasteiger partial charge in [0.25, 0.3) is 0 Å². The van der Waals surface area contributed by atoms with Gasteiger partial charge in [0.15, 0.2) is 45.8 Å². The fraction of sp³-hybridized carbons (Fsp3) is 0. The molecule has 170 valence electrons. The highest BCUT2D eigenvalue weighted by molar-refractivity contribution is 6.62. The van der Waals surface area contributed by atoms with Crippen LogP contribution in [0, 0.1) is 0 Å². The molecule has 0 unspecified atom stereocenters. The number of fused-ring (bicyclic) bond motifs is 3. The van der Waals surface area contributed by atoms with Gasteiger partial charge >= 0.3 is 7.12 Å². The minimum atomic E-state index is -2.44. The van der Waals surface area contributed by atoms with Crippen molar-refractivity contribution in [2.45, 2.75) is 0 Å². The topological polar surface area (TPSA) is 256 Å². The van der Waals surface area contributed by atoms with E-state index in [1.54, 1.807) is 0 Å². The second-order valence-corrected chi connectivity index (χ2v) is 7.16. The van der Waals surface area contributed by atoms with Crippen LogP contribution >= 0.6 is 0 Å². The number of aromatic hydroxyl groups is 10. The molecule has 1 heterocycles. The number of phenols is 10. The van der Waals surface area contributed by atoms with Crippen LogP contribution in [0.5, 0.6) is 57.5 Å². The number of phenolic OH excluding ortho intramolecular Hbond substituents is 10. The second kappa shape index (κ2) is 6.75. The Bertz CT molecular complexity index is 1480. The Balaban J connectivity index is 2.25. The quantitative estimate of drug-likeness (QED) is 0.0901. The molecule has 0 aliphatic carbocycles. The van der Waals surface area contributed by atoms with Gasteiger partial charge in [-0.3, -0.25) is 0 Å². The Morgan fingerprint density at radius 3 is 1.42 bits per heavy atom. The third-order valence-electron chi connectivity index (χ3n) is 5.39. The van der Waals surface area contributed by atoms with Crippen LogP contribution in [0.25, 0.3) is 33.1 Å². The minimum Gasteiger partial charge on any atom is -0.504 e. The Kier molecular flexibility index (Phi) is 4.45. The molecule has 0 bridgehead atoms. The van der Waals surface area contributed by atoms with Crippen molar-refractivity contribution in [2.75, 3.05) is 0 Å². The molecule has 0 fully saturated rings. The van der Waals surface area contributed by atoms with Crippen LogP contribution in [-0.2, 0) is 0 Å². The van der Waals surface area contributed by atoms with Crippen LogP contribution in [0.2, 0.25) is 0 Å². The first-order chi connectivity index (χ1) is 15.3. The highest BCUT2D eigenvalue weighted by Gasteiger charge is 2.34. The van der Waals surface area contributed by atoms with E-state index in [0.717, 1.165) is 0 Å². The number of hydrogen-bond donors (Lipinski definition) is 12. The van der Waals surface area contributed by atoms with Gasteiger partial charge in [-0.05, 0) is 5.46 Å². The maximum Gasteiger partial charge on any atom is 0.496 e. The number of rotatable bonds is 2. The van der Waals surface area contributed by atoms with Crippen molar-refractivity contribution >= 4 is 47.8 Å². The van der Waals surface area contributed by atoms with Crippen molar-refractivity contribution in [3.63, 3.8) is 0 Å². The molecule has 0 aliphatic rings. The van der Waals surface area contributed by atoms with E-state index in [-0.39, 0.29) is 5.46 Å². The zero-order chi connectivity index (χ0) is 24.7. The predicted octanol–water partition coefficient (Wildman–Crippen LogP) is -1.75. The number of hydrogen-bond acceptors (Lipinski definition) is 13. The lowest BCUT2D eigenvalue weighted by atomic mass is 9.77. The maximum absolute atomic E-state index is 10.7. The van der Waals surface area contributed by atoms with E-state index in [1.807, 2.05) is 0 Å². The molecule has 0 amide bonds. The lowest BCUT2D eigenvalue weighted by molar-refractivity contribution is 0.329. The van der Waals surface area contributed by atoms with Crippen LogP contribution in [-0.4, -0.2) is 76.1 Å². The first-order valence-electron chi connectivity index (χ1n) is 8.95. The summed E-state index contributed by atoms with van der Waals surface area (Å²) in [5.41, 5.74) is -3.55. The molecule has 0 saturated heterocycles. The fourth-order valence-corrected chi connectivity index (χ4v) is 3.79. The zero-order valence-electron chi connectivity index (χ0n) is 16.4. The maximum atomic E-state index is 10.7. The SMILES string of the molecule is Bc1c(-c2c(O)c(O)c(O)c(O)c2O)c(O)c(O)c2c1oc1c(O)c(B(O)O)c(O)c(O)c12. The van der Waals surface area contributed by atoms with Crippen LogP contribution in [0.4, 0.5) is 0 Å². The van der Waals surface area contributed by atoms with Gasteiger partial charge in [-0.1, -0.05) is 0 Å². The molecule has 33 heavy (non-hydrogen) atoms. The molecule has 13 nitrogen and oxygen atoms in total. The minimum absolute atomic E-state index is 0.198. The molecule has 0 saturated carbocycles. The predicted molar refractivity (Wildman–Crippen MR) is 114 cm³/mol. The lowest BCUT2D eigenvalue weighted by Crippen LogP contribution is -2.30. The third kappa shape index (κ3) is 2.57. The van der Waals surface area contributed by atoms with Crippen LogP contribution < -0.4 is 10.9 Å². The number of benzene rings is 3. The summed E-state index contributed by atoms with van der Waals surface area (Å²) in [4.78, 5) is 0. The smallest absolute Gasteiger partial charge is 0.496 e. The fourth-order valence-electron chi connectivity index (χ4n) is 3.79. The summed E-state index contributed by atoms with van der Waals surface area (Å²) in [5, 5.41) is 120. The van der Waals surface area contributed by atoms with E-state index in [9.17, 15) is 61.1 Å². The Morgan fingerprint density at radius 2 is 0.909 bits per heavy atom. The monoisotopic (exact) mass is 460 g/mol. The summed E-state index contributed by atoms with van der Waals surface area (Å²) in [5.74, 6) is -11.5. The van der Waals surface area contributed by atoms with Gasteiger partial charge in [-0.15, -0.1) is 0 Å². The molecular formula is C18H14B2O13. The van der Waals surface area contributed by atoms with Gasteiger partial charge in [0.05, 0.1) is 21.8 Å².